The first-order valence-corrected chi connectivity index (χ1v) is 16.1. The maximum Gasteiger partial charge on any atom is 0.229 e. The van der Waals surface area contributed by atoms with Crippen LogP contribution in [0.15, 0.2) is 48.9 Å². The minimum absolute atomic E-state index is 0.00526. The van der Waals surface area contributed by atoms with Gasteiger partial charge in [-0.05, 0) is 84.9 Å². The SMILES string of the molecule is CC1CC(c2ccncc2Nc2ncc3ccc(-c4c(F)cc(C5CCOCC5)cc4F)nn23)CC(N)C1S(C)(=O)=O. The molecule has 0 bridgehead atoms. The molecule has 12 heteroatoms. The molecule has 4 atom stereocenters. The fourth-order valence-corrected chi connectivity index (χ4v) is 8.45. The van der Waals surface area contributed by atoms with Crippen LogP contribution in [-0.2, 0) is 14.6 Å². The van der Waals surface area contributed by atoms with Gasteiger partial charge < -0.3 is 15.8 Å². The molecule has 42 heavy (non-hydrogen) atoms. The number of aromatic nitrogens is 4. The summed E-state index contributed by atoms with van der Waals surface area (Å²) in [6.45, 7) is 3.08. The highest BCUT2D eigenvalue weighted by Gasteiger charge is 2.40. The number of ether oxygens (including phenoxy) is 1. The number of sulfone groups is 1. The van der Waals surface area contributed by atoms with Gasteiger partial charge in [-0.3, -0.25) is 4.98 Å². The summed E-state index contributed by atoms with van der Waals surface area (Å²) in [7, 11) is -3.28. The first-order valence-electron chi connectivity index (χ1n) is 14.2. The lowest BCUT2D eigenvalue weighted by Gasteiger charge is -2.38. The third kappa shape index (κ3) is 5.50. The van der Waals surface area contributed by atoms with Crippen LogP contribution in [0.2, 0.25) is 0 Å². The maximum absolute atomic E-state index is 15.3. The number of pyridine rings is 1. The van der Waals surface area contributed by atoms with Crippen LogP contribution in [-0.4, -0.2) is 58.8 Å². The van der Waals surface area contributed by atoms with E-state index in [2.05, 4.69) is 20.4 Å². The summed E-state index contributed by atoms with van der Waals surface area (Å²) in [5.74, 6) is -1.03. The van der Waals surface area contributed by atoms with Crippen LogP contribution in [0.4, 0.5) is 20.4 Å². The van der Waals surface area contributed by atoms with E-state index in [1.54, 1.807) is 30.7 Å². The summed E-state index contributed by atoms with van der Waals surface area (Å²) < 4.78 is 62.3. The molecule has 0 radical (unpaired) electrons. The van der Waals surface area contributed by atoms with Gasteiger partial charge in [0.2, 0.25) is 5.95 Å². The van der Waals surface area contributed by atoms with Gasteiger partial charge >= 0.3 is 0 Å². The van der Waals surface area contributed by atoms with Crippen LogP contribution >= 0.6 is 0 Å². The Hall–Kier alpha value is -3.48. The number of imidazole rings is 1. The Bertz CT molecular complexity index is 1690. The van der Waals surface area contributed by atoms with Gasteiger partial charge in [0, 0.05) is 31.7 Å². The van der Waals surface area contributed by atoms with Crippen molar-refractivity contribution in [2.24, 2.45) is 11.7 Å². The summed E-state index contributed by atoms with van der Waals surface area (Å²) in [6.07, 6.45) is 8.84. The van der Waals surface area contributed by atoms with Crippen LogP contribution in [0.5, 0.6) is 0 Å². The Balaban J connectivity index is 1.30. The second kappa shape index (κ2) is 11.3. The van der Waals surface area contributed by atoms with E-state index < -0.39 is 32.8 Å². The predicted molar refractivity (Wildman–Crippen MR) is 156 cm³/mol. The number of halogens is 2. The molecule has 4 aromatic rings. The lowest BCUT2D eigenvalue weighted by atomic mass is 9.76. The van der Waals surface area contributed by atoms with Crippen molar-refractivity contribution >= 4 is 27.0 Å². The minimum atomic E-state index is -3.28. The average Bonchev–Trinajstić information content (AvgIpc) is 3.34. The van der Waals surface area contributed by atoms with Crippen LogP contribution in [0.3, 0.4) is 0 Å². The van der Waals surface area contributed by atoms with Gasteiger partial charge in [0.15, 0.2) is 9.84 Å². The number of anilines is 2. The molecule has 3 N–H and O–H groups in total. The highest BCUT2D eigenvalue weighted by atomic mass is 32.2. The zero-order chi connectivity index (χ0) is 29.6. The third-order valence-electron chi connectivity index (χ3n) is 8.63. The number of hydrogen-bond donors (Lipinski definition) is 2. The standard InChI is InChI=1S/C30H34F2N6O3S/c1-17-11-20(14-25(33)29(17)42(2,39)40)22-5-8-34-16-27(22)36-30-35-15-21-3-4-26(37-38(21)30)28-23(31)12-19(13-24(28)32)18-6-9-41-10-7-18/h3-5,8,12-13,15-18,20,25,29H,6-7,9-11,14,33H2,1-2H3,(H,35,36). The Labute approximate surface area is 243 Å². The third-order valence-corrected chi connectivity index (χ3v) is 10.4. The lowest BCUT2D eigenvalue weighted by molar-refractivity contribution is 0.0852. The first-order chi connectivity index (χ1) is 20.1. The van der Waals surface area contributed by atoms with E-state index in [0.29, 0.717) is 48.8 Å². The molecular formula is C30H34F2N6O3S. The quantitative estimate of drug-likeness (QED) is 0.320. The summed E-state index contributed by atoms with van der Waals surface area (Å²) in [5, 5.41) is 7.26. The molecule has 1 saturated carbocycles. The second-order valence-corrected chi connectivity index (χ2v) is 13.8. The number of fused-ring (bicyclic) bond motifs is 1. The molecule has 0 spiro atoms. The molecule has 3 aromatic heterocycles. The van der Waals surface area contributed by atoms with Crippen molar-refractivity contribution in [2.45, 2.75) is 55.7 Å². The molecule has 0 amide bonds. The smallest absolute Gasteiger partial charge is 0.229 e. The van der Waals surface area contributed by atoms with Crippen LogP contribution in [0.25, 0.3) is 16.8 Å². The molecule has 4 heterocycles. The van der Waals surface area contributed by atoms with E-state index >= 15 is 8.78 Å². The number of nitrogens with two attached hydrogens (primary N) is 1. The zero-order valence-electron chi connectivity index (χ0n) is 23.5. The number of nitrogens with zero attached hydrogens (tertiary/aromatic N) is 4. The summed E-state index contributed by atoms with van der Waals surface area (Å²) in [4.78, 5) is 8.74. The lowest BCUT2D eigenvalue weighted by Crippen LogP contribution is -2.48. The highest BCUT2D eigenvalue weighted by Crippen LogP contribution is 2.41. The largest absolute Gasteiger partial charge is 0.381 e. The van der Waals surface area contributed by atoms with Crippen molar-refractivity contribution in [2.75, 3.05) is 24.8 Å². The number of nitrogens with one attached hydrogen (secondary N) is 1. The van der Waals surface area contributed by atoms with Gasteiger partial charge in [-0.25, -0.2) is 22.2 Å². The fraction of sp³-hybridized carbons (Fsp3) is 0.433. The van der Waals surface area contributed by atoms with Gasteiger partial charge in [-0.15, -0.1) is 0 Å². The van der Waals surface area contributed by atoms with Crippen molar-refractivity contribution in [3.05, 3.63) is 71.7 Å². The topological polar surface area (TPSA) is 124 Å². The van der Waals surface area contributed by atoms with Crippen molar-refractivity contribution in [3.63, 3.8) is 0 Å². The molecule has 9 nitrogen and oxygen atoms in total. The molecule has 1 aliphatic heterocycles. The Morgan fingerprint density at radius 2 is 1.79 bits per heavy atom. The molecule has 4 unspecified atom stereocenters. The van der Waals surface area contributed by atoms with Crippen molar-refractivity contribution in [1.29, 1.82) is 0 Å². The fourth-order valence-electron chi connectivity index (χ4n) is 6.75. The predicted octanol–water partition coefficient (Wildman–Crippen LogP) is 4.96. The molecule has 2 aliphatic rings. The van der Waals surface area contributed by atoms with Crippen molar-refractivity contribution in [1.82, 2.24) is 19.6 Å². The van der Waals surface area contributed by atoms with E-state index in [0.717, 1.165) is 18.4 Å². The number of rotatable bonds is 6. The molecule has 1 saturated heterocycles. The van der Waals surface area contributed by atoms with Crippen LogP contribution in [0.1, 0.15) is 55.6 Å². The Morgan fingerprint density at radius 3 is 2.48 bits per heavy atom. The summed E-state index contributed by atoms with van der Waals surface area (Å²) in [5.41, 5.74) is 9.21. The highest BCUT2D eigenvalue weighted by molar-refractivity contribution is 7.91. The van der Waals surface area contributed by atoms with Gasteiger partial charge in [0.05, 0.1) is 40.1 Å². The second-order valence-electron chi connectivity index (χ2n) is 11.6. The summed E-state index contributed by atoms with van der Waals surface area (Å²) in [6, 6.07) is 7.50. The monoisotopic (exact) mass is 596 g/mol. The molecule has 222 valence electrons. The van der Waals surface area contributed by atoms with Gasteiger partial charge in [0.1, 0.15) is 11.6 Å². The molecule has 6 rings (SSSR count). The normalized spacial score (nSPS) is 23.7. The van der Waals surface area contributed by atoms with Crippen LogP contribution in [0, 0.1) is 17.6 Å². The van der Waals surface area contributed by atoms with E-state index in [9.17, 15) is 8.42 Å². The molecule has 1 aliphatic carbocycles. The first kappa shape index (κ1) is 28.6. The van der Waals surface area contributed by atoms with Gasteiger partial charge in [-0.1, -0.05) is 6.92 Å². The van der Waals surface area contributed by atoms with E-state index in [4.69, 9.17) is 10.5 Å². The van der Waals surface area contributed by atoms with E-state index in [-0.39, 0.29) is 29.0 Å². The summed E-state index contributed by atoms with van der Waals surface area (Å²) >= 11 is 0. The number of benzene rings is 1. The minimum Gasteiger partial charge on any atom is -0.381 e. The Kier molecular flexibility index (Phi) is 7.71. The number of hydrogen-bond acceptors (Lipinski definition) is 8. The van der Waals surface area contributed by atoms with Gasteiger partial charge in [-0.2, -0.15) is 9.61 Å². The molecule has 2 fully saturated rings. The van der Waals surface area contributed by atoms with Crippen molar-refractivity contribution in [3.8, 4) is 11.3 Å². The zero-order valence-corrected chi connectivity index (χ0v) is 24.3. The maximum atomic E-state index is 15.3. The molecule has 1 aromatic carbocycles. The molecular weight excluding hydrogens is 562 g/mol. The Morgan fingerprint density at radius 1 is 1.05 bits per heavy atom. The van der Waals surface area contributed by atoms with Crippen LogP contribution < -0.4 is 11.1 Å². The van der Waals surface area contributed by atoms with Crippen molar-refractivity contribution < 1.29 is 21.9 Å². The van der Waals surface area contributed by atoms with E-state index in [1.165, 1.54) is 22.9 Å². The average molecular weight is 597 g/mol. The van der Waals surface area contributed by atoms with E-state index in [1.807, 2.05) is 13.0 Å². The van der Waals surface area contributed by atoms with Gasteiger partial charge in [0.25, 0.3) is 0 Å².